The minimum Gasteiger partial charge on any atom is -0.397 e. The summed E-state index contributed by atoms with van der Waals surface area (Å²) >= 11 is 7.28. The average Bonchev–Trinajstić information content (AvgIpc) is 3.04. The van der Waals surface area contributed by atoms with Crippen molar-refractivity contribution >= 4 is 40.2 Å². The second-order valence-corrected chi connectivity index (χ2v) is 5.81. The Morgan fingerprint density at radius 1 is 1.23 bits per heavy atom. The molecular weight excluding hydrogens is 320 g/mol. The van der Waals surface area contributed by atoms with E-state index in [1.165, 1.54) is 17.5 Å². The van der Waals surface area contributed by atoms with Crippen molar-refractivity contribution in [1.29, 1.82) is 0 Å². The minimum absolute atomic E-state index is 0.270. The highest BCUT2D eigenvalue weighted by Crippen LogP contribution is 2.29. The van der Waals surface area contributed by atoms with Gasteiger partial charge in [-0.2, -0.15) is 0 Å². The van der Waals surface area contributed by atoms with Crippen LogP contribution in [0.2, 0.25) is 5.02 Å². The van der Waals surface area contributed by atoms with Gasteiger partial charge in [-0.25, -0.2) is 4.98 Å². The molecule has 3 rings (SSSR count). The first-order chi connectivity index (χ1) is 10.6. The maximum atomic E-state index is 12.2. The van der Waals surface area contributed by atoms with Crippen LogP contribution in [0.5, 0.6) is 0 Å². The number of thiazole rings is 1. The van der Waals surface area contributed by atoms with Crippen LogP contribution in [0.1, 0.15) is 10.5 Å². The van der Waals surface area contributed by atoms with Crippen molar-refractivity contribution < 1.29 is 4.79 Å². The van der Waals surface area contributed by atoms with Crippen LogP contribution in [0.4, 0.5) is 11.4 Å². The van der Waals surface area contributed by atoms with Gasteiger partial charge in [0, 0.05) is 12.4 Å². The molecule has 0 aliphatic rings. The molecular formula is C15H11ClN4OS. The topological polar surface area (TPSA) is 80.9 Å². The van der Waals surface area contributed by atoms with Crippen molar-refractivity contribution in [3.63, 3.8) is 0 Å². The van der Waals surface area contributed by atoms with Gasteiger partial charge in [-0.05, 0) is 29.8 Å². The van der Waals surface area contributed by atoms with Crippen LogP contribution in [-0.4, -0.2) is 15.9 Å². The molecule has 0 saturated carbocycles. The number of nitrogens with one attached hydrogen (secondary N) is 1. The summed E-state index contributed by atoms with van der Waals surface area (Å²) in [4.78, 5) is 21.2. The van der Waals surface area contributed by atoms with Gasteiger partial charge in [0.1, 0.15) is 5.69 Å². The summed E-state index contributed by atoms with van der Waals surface area (Å²) in [5, 5.41) is 3.24. The maximum Gasteiger partial charge on any atom is 0.274 e. The second kappa shape index (κ2) is 6.13. The summed E-state index contributed by atoms with van der Waals surface area (Å²) in [5.74, 6) is -0.343. The molecule has 0 spiro atoms. The third-order valence-corrected chi connectivity index (χ3v) is 4.02. The van der Waals surface area contributed by atoms with E-state index in [1.807, 2.05) is 12.1 Å². The Morgan fingerprint density at radius 3 is 2.77 bits per heavy atom. The summed E-state index contributed by atoms with van der Waals surface area (Å²) in [7, 11) is 0. The zero-order valence-electron chi connectivity index (χ0n) is 11.3. The second-order valence-electron chi connectivity index (χ2n) is 4.48. The lowest BCUT2D eigenvalue weighted by Gasteiger charge is -2.09. The van der Waals surface area contributed by atoms with Gasteiger partial charge >= 0.3 is 0 Å². The number of amides is 1. The van der Waals surface area contributed by atoms with Crippen LogP contribution >= 0.6 is 22.9 Å². The van der Waals surface area contributed by atoms with Crippen LogP contribution in [-0.2, 0) is 0 Å². The number of halogens is 1. The molecule has 3 N–H and O–H groups in total. The van der Waals surface area contributed by atoms with Gasteiger partial charge in [0.25, 0.3) is 5.91 Å². The summed E-state index contributed by atoms with van der Waals surface area (Å²) in [6.45, 7) is 0. The Balaban J connectivity index is 1.87. The Labute approximate surface area is 135 Å². The quantitative estimate of drug-likeness (QED) is 0.717. The lowest BCUT2D eigenvalue weighted by atomic mass is 10.1. The van der Waals surface area contributed by atoms with Crippen molar-refractivity contribution in [1.82, 2.24) is 9.97 Å². The molecule has 0 aliphatic carbocycles. The maximum absolute atomic E-state index is 12.2. The monoisotopic (exact) mass is 330 g/mol. The molecule has 2 heterocycles. The Morgan fingerprint density at radius 2 is 2.09 bits per heavy atom. The van der Waals surface area contributed by atoms with E-state index in [-0.39, 0.29) is 11.6 Å². The molecule has 22 heavy (non-hydrogen) atoms. The zero-order valence-corrected chi connectivity index (χ0v) is 12.9. The van der Waals surface area contributed by atoms with Crippen LogP contribution < -0.4 is 11.1 Å². The van der Waals surface area contributed by atoms with E-state index in [0.717, 1.165) is 10.4 Å². The van der Waals surface area contributed by atoms with Crippen molar-refractivity contribution in [3.8, 4) is 10.4 Å². The SMILES string of the molecule is Nc1ccc(-c2cncs2)cc1NC(=O)c1ccc(Cl)cn1. The van der Waals surface area contributed by atoms with Gasteiger partial charge in [-0.1, -0.05) is 17.7 Å². The number of rotatable bonds is 3. The molecule has 0 unspecified atom stereocenters. The molecule has 0 aliphatic heterocycles. The van der Waals surface area contributed by atoms with Crippen molar-refractivity contribution in [3.05, 3.63) is 59.0 Å². The van der Waals surface area contributed by atoms with Crippen LogP contribution in [0, 0.1) is 0 Å². The van der Waals surface area contributed by atoms with E-state index in [4.69, 9.17) is 17.3 Å². The van der Waals surface area contributed by atoms with Crippen LogP contribution in [0.15, 0.2) is 48.2 Å². The highest BCUT2D eigenvalue weighted by molar-refractivity contribution is 7.13. The number of benzene rings is 1. The van der Waals surface area contributed by atoms with Gasteiger partial charge in [-0.15, -0.1) is 11.3 Å². The van der Waals surface area contributed by atoms with Gasteiger partial charge in [0.15, 0.2) is 0 Å². The number of hydrogen-bond donors (Lipinski definition) is 2. The molecule has 2 aromatic heterocycles. The van der Waals surface area contributed by atoms with Gasteiger partial charge in [0.05, 0.1) is 26.8 Å². The fraction of sp³-hybridized carbons (Fsp3) is 0. The molecule has 0 atom stereocenters. The number of nitrogens with two attached hydrogens (primary N) is 1. The lowest BCUT2D eigenvalue weighted by Crippen LogP contribution is -2.14. The van der Waals surface area contributed by atoms with E-state index in [1.54, 1.807) is 29.9 Å². The lowest BCUT2D eigenvalue weighted by molar-refractivity contribution is 0.102. The summed E-state index contributed by atoms with van der Waals surface area (Å²) in [6.07, 6.45) is 3.19. The molecule has 5 nitrogen and oxygen atoms in total. The van der Waals surface area contributed by atoms with E-state index < -0.39 is 0 Å². The van der Waals surface area contributed by atoms with E-state index in [9.17, 15) is 4.79 Å². The molecule has 0 radical (unpaired) electrons. The number of hydrogen-bond acceptors (Lipinski definition) is 5. The smallest absolute Gasteiger partial charge is 0.274 e. The molecule has 1 amide bonds. The van der Waals surface area contributed by atoms with Crippen LogP contribution in [0.3, 0.4) is 0 Å². The first kappa shape index (κ1) is 14.5. The zero-order chi connectivity index (χ0) is 15.5. The fourth-order valence-corrected chi connectivity index (χ4v) is 2.60. The third kappa shape index (κ3) is 3.08. The van der Waals surface area contributed by atoms with Gasteiger partial charge in [0.2, 0.25) is 0 Å². The number of nitrogens with zero attached hydrogens (tertiary/aromatic N) is 2. The molecule has 1 aromatic carbocycles. The Bertz CT molecular complexity index is 803. The number of pyridine rings is 1. The number of nitrogen functional groups attached to an aromatic ring is 1. The predicted molar refractivity (Wildman–Crippen MR) is 89.2 cm³/mol. The average molecular weight is 331 g/mol. The summed E-state index contributed by atoms with van der Waals surface area (Å²) in [6, 6.07) is 8.62. The van der Waals surface area contributed by atoms with E-state index in [0.29, 0.717) is 16.4 Å². The largest absolute Gasteiger partial charge is 0.397 e. The first-order valence-corrected chi connectivity index (χ1v) is 7.60. The summed E-state index contributed by atoms with van der Waals surface area (Å²) in [5.41, 5.74) is 9.90. The first-order valence-electron chi connectivity index (χ1n) is 6.35. The highest BCUT2D eigenvalue weighted by Gasteiger charge is 2.11. The number of aromatic nitrogens is 2. The molecule has 110 valence electrons. The van der Waals surface area contributed by atoms with Gasteiger partial charge < -0.3 is 11.1 Å². The van der Waals surface area contributed by atoms with Gasteiger partial charge in [-0.3, -0.25) is 9.78 Å². The molecule has 7 heteroatoms. The van der Waals surface area contributed by atoms with Crippen molar-refractivity contribution in [2.24, 2.45) is 0 Å². The van der Waals surface area contributed by atoms with E-state index >= 15 is 0 Å². The van der Waals surface area contributed by atoms with E-state index in [2.05, 4.69) is 15.3 Å². The van der Waals surface area contributed by atoms with Crippen molar-refractivity contribution in [2.45, 2.75) is 0 Å². The standard InChI is InChI=1S/C15H11ClN4OS/c16-10-2-4-12(19-6-10)15(21)20-13-5-9(1-3-11(13)17)14-7-18-8-22-14/h1-8H,17H2,(H,20,21). The molecule has 0 bridgehead atoms. The number of carbonyl (C=O) groups excluding carboxylic acids is 1. The van der Waals surface area contributed by atoms with Crippen molar-refractivity contribution in [2.75, 3.05) is 11.1 Å². The number of anilines is 2. The molecule has 0 fully saturated rings. The normalized spacial score (nSPS) is 10.4. The molecule has 0 saturated heterocycles. The fourth-order valence-electron chi connectivity index (χ4n) is 1.87. The third-order valence-electron chi connectivity index (χ3n) is 2.98. The number of carbonyl (C=O) groups is 1. The Kier molecular flexibility index (Phi) is 4.04. The highest BCUT2D eigenvalue weighted by atomic mass is 35.5. The minimum atomic E-state index is -0.343. The molecule has 3 aromatic rings. The predicted octanol–water partition coefficient (Wildman–Crippen LogP) is 3.69. The van der Waals surface area contributed by atoms with Crippen LogP contribution in [0.25, 0.3) is 10.4 Å². The summed E-state index contributed by atoms with van der Waals surface area (Å²) < 4.78 is 0. The Hall–Kier alpha value is -2.44.